The third kappa shape index (κ3) is 2.38. The van der Waals surface area contributed by atoms with E-state index < -0.39 is 23.1 Å². The maximum absolute atomic E-state index is 12.6. The molecule has 23 heavy (non-hydrogen) atoms. The maximum atomic E-state index is 12.6. The van der Waals surface area contributed by atoms with Gasteiger partial charge < -0.3 is 14.5 Å². The van der Waals surface area contributed by atoms with E-state index in [4.69, 9.17) is 16.0 Å². The first-order valence-electron chi connectivity index (χ1n) is 6.03. The number of furan rings is 1. The number of fused-ring (bicyclic) bond motifs is 1. The van der Waals surface area contributed by atoms with Crippen molar-refractivity contribution in [3.8, 4) is 11.4 Å². The first kappa shape index (κ1) is 15.2. The lowest BCUT2D eigenvalue weighted by Gasteiger charge is -2.09. The van der Waals surface area contributed by atoms with Crippen molar-refractivity contribution in [1.29, 1.82) is 0 Å². The highest BCUT2D eigenvalue weighted by Crippen LogP contribution is 2.36. The van der Waals surface area contributed by atoms with Crippen molar-refractivity contribution in [3.63, 3.8) is 0 Å². The molecular weight excluding hydrogens is 341 g/mol. The SMILES string of the molecule is O=c1cc(C(F)(F)F)[nH]c(=O)n1-c1ccc(Cl)c2c(O)coc12. The smallest absolute Gasteiger partial charge is 0.431 e. The lowest BCUT2D eigenvalue weighted by Crippen LogP contribution is -2.35. The highest BCUT2D eigenvalue weighted by atomic mass is 35.5. The zero-order valence-corrected chi connectivity index (χ0v) is 11.7. The van der Waals surface area contributed by atoms with Crippen LogP contribution in [0.3, 0.4) is 0 Å². The highest BCUT2D eigenvalue weighted by Gasteiger charge is 2.33. The van der Waals surface area contributed by atoms with Crippen LogP contribution >= 0.6 is 11.6 Å². The molecule has 2 N–H and O–H groups in total. The minimum atomic E-state index is -4.87. The number of alkyl halides is 3. The summed E-state index contributed by atoms with van der Waals surface area (Å²) in [5, 5.41) is 9.78. The summed E-state index contributed by atoms with van der Waals surface area (Å²) in [6.45, 7) is 0. The number of hydrogen-bond acceptors (Lipinski definition) is 4. The Balaban J connectivity index is 2.35. The molecule has 3 aromatic rings. The Morgan fingerprint density at radius 2 is 1.96 bits per heavy atom. The van der Waals surface area contributed by atoms with Crippen LogP contribution in [0.4, 0.5) is 13.2 Å². The van der Waals surface area contributed by atoms with E-state index in [1.807, 2.05) is 0 Å². The van der Waals surface area contributed by atoms with Crippen LogP contribution in [0.5, 0.6) is 5.75 Å². The molecule has 120 valence electrons. The van der Waals surface area contributed by atoms with E-state index in [0.717, 1.165) is 6.26 Å². The number of nitrogens with zero attached hydrogens (tertiary/aromatic N) is 1. The molecule has 10 heteroatoms. The summed E-state index contributed by atoms with van der Waals surface area (Å²) >= 11 is 5.89. The van der Waals surface area contributed by atoms with Crippen molar-refractivity contribution < 1.29 is 22.7 Å². The van der Waals surface area contributed by atoms with Gasteiger partial charge in [0.2, 0.25) is 0 Å². The molecule has 0 atom stereocenters. The Kier molecular flexibility index (Phi) is 3.25. The van der Waals surface area contributed by atoms with Gasteiger partial charge in [-0.1, -0.05) is 11.6 Å². The van der Waals surface area contributed by atoms with Crippen LogP contribution in [-0.2, 0) is 6.18 Å². The van der Waals surface area contributed by atoms with Crippen LogP contribution in [0.2, 0.25) is 5.02 Å². The summed E-state index contributed by atoms with van der Waals surface area (Å²) in [5.74, 6) is -0.330. The molecule has 0 aliphatic carbocycles. The first-order valence-corrected chi connectivity index (χ1v) is 6.40. The third-order valence-corrected chi connectivity index (χ3v) is 3.42. The van der Waals surface area contributed by atoms with E-state index in [9.17, 15) is 27.9 Å². The Morgan fingerprint density at radius 3 is 2.57 bits per heavy atom. The van der Waals surface area contributed by atoms with Crippen molar-refractivity contribution in [3.05, 3.63) is 56.0 Å². The van der Waals surface area contributed by atoms with Crippen LogP contribution in [0, 0.1) is 0 Å². The monoisotopic (exact) mass is 346 g/mol. The van der Waals surface area contributed by atoms with Gasteiger partial charge in [-0.05, 0) is 12.1 Å². The molecule has 1 aromatic carbocycles. The van der Waals surface area contributed by atoms with Crippen LogP contribution < -0.4 is 11.2 Å². The minimum Gasteiger partial charge on any atom is -0.504 e. The molecule has 0 unspecified atom stereocenters. The molecule has 0 fully saturated rings. The highest BCUT2D eigenvalue weighted by molar-refractivity contribution is 6.36. The van der Waals surface area contributed by atoms with Gasteiger partial charge in [-0.25, -0.2) is 9.36 Å². The van der Waals surface area contributed by atoms with Gasteiger partial charge in [0.1, 0.15) is 12.0 Å². The number of aromatic hydroxyl groups is 1. The molecule has 0 spiro atoms. The second-order valence-electron chi connectivity index (χ2n) is 4.55. The summed E-state index contributed by atoms with van der Waals surface area (Å²) < 4.78 is 43.3. The number of H-pyrrole nitrogens is 1. The summed E-state index contributed by atoms with van der Waals surface area (Å²) in [4.78, 5) is 25.4. The number of rotatable bonds is 1. The van der Waals surface area contributed by atoms with Gasteiger partial charge in [-0.2, -0.15) is 13.2 Å². The largest absolute Gasteiger partial charge is 0.504 e. The van der Waals surface area contributed by atoms with Crippen molar-refractivity contribution in [2.75, 3.05) is 0 Å². The maximum Gasteiger partial charge on any atom is 0.431 e. The number of halogens is 4. The summed E-state index contributed by atoms with van der Waals surface area (Å²) in [6.07, 6.45) is -3.93. The van der Waals surface area contributed by atoms with Crippen molar-refractivity contribution >= 4 is 22.6 Å². The van der Waals surface area contributed by atoms with Crippen molar-refractivity contribution in [1.82, 2.24) is 9.55 Å². The molecule has 0 bridgehead atoms. The second kappa shape index (κ2) is 4.92. The fraction of sp³-hybridized carbons (Fsp3) is 0.0769. The number of hydrogen-bond donors (Lipinski definition) is 2. The molecular formula is C13H6ClF3N2O4. The van der Waals surface area contributed by atoms with E-state index in [1.165, 1.54) is 12.1 Å². The van der Waals surface area contributed by atoms with Gasteiger partial charge in [0.25, 0.3) is 5.56 Å². The minimum absolute atomic E-state index is 0.0374. The molecule has 0 saturated heterocycles. The molecule has 0 radical (unpaired) electrons. The van der Waals surface area contributed by atoms with Crippen molar-refractivity contribution in [2.24, 2.45) is 0 Å². The molecule has 0 saturated carbocycles. The Hall–Kier alpha value is -2.68. The molecule has 2 heterocycles. The number of aromatic amines is 1. The average Bonchev–Trinajstić information content (AvgIpc) is 2.82. The Morgan fingerprint density at radius 1 is 1.26 bits per heavy atom. The van der Waals surface area contributed by atoms with E-state index in [1.54, 1.807) is 4.98 Å². The molecule has 2 aromatic heterocycles. The Labute approximate surface area is 129 Å². The third-order valence-electron chi connectivity index (χ3n) is 3.11. The van der Waals surface area contributed by atoms with E-state index in [-0.39, 0.29) is 33.5 Å². The molecule has 3 rings (SSSR count). The van der Waals surface area contributed by atoms with Gasteiger partial charge in [-0.15, -0.1) is 0 Å². The second-order valence-corrected chi connectivity index (χ2v) is 4.96. The van der Waals surface area contributed by atoms with E-state index >= 15 is 0 Å². The van der Waals surface area contributed by atoms with E-state index in [0.29, 0.717) is 4.57 Å². The van der Waals surface area contributed by atoms with Crippen LogP contribution in [0.1, 0.15) is 5.69 Å². The molecule has 0 aliphatic rings. The lowest BCUT2D eigenvalue weighted by molar-refractivity contribution is -0.141. The van der Waals surface area contributed by atoms with Crippen molar-refractivity contribution in [2.45, 2.75) is 6.18 Å². The van der Waals surface area contributed by atoms with Gasteiger partial charge in [0, 0.05) is 6.07 Å². The number of benzene rings is 1. The topological polar surface area (TPSA) is 88.2 Å². The molecule has 6 nitrogen and oxygen atoms in total. The van der Waals surface area contributed by atoms with E-state index in [2.05, 4.69) is 0 Å². The quantitative estimate of drug-likeness (QED) is 0.709. The van der Waals surface area contributed by atoms with Crippen LogP contribution in [0.15, 0.2) is 38.5 Å². The summed E-state index contributed by atoms with van der Waals surface area (Å²) in [5.41, 5.74) is -4.23. The predicted octanol–water partition coefficient (Wildman–Crippen LogP) is 2.65. The summed E-state index contributed by atoms with van der Waals surface area (Å²) in [7, 11) is 0. The number of aromatic nitrogens is 2. The van der Waals surface area contributed by atoms with Gasteiger partial charge in [0.05, 0.1) is 16.1 Å². The van der Waals surface area contributed by atoms with Crippen LogP contribution in [0.25, 0.3) is 16.7 Å². The predicted molar refractivity (Wildman–Crippen MR) is 74.1 cm³/mol. The molecule has 0 aliphatic heterocycles. The zero-order chi connectivity index (χ0) is 16.9. The van der Waals surface area contributed by atoms with Gasteiger partial charge in [-0.3, -0.25) is 4.79 Å². The van der Waals surface area contributed by atoms with Gasteiger partial charge >= 0.3 is 11.9 Å². The average molecular weight is 347 g/mol. The molecule has 0 amide bonds. The normalized spacial score (nSPS) is 12.0. The zero-order valence-electron chi connectivity index (χ0n) is 10.9. The van der Waals surface area contributed by atoms with Crippen LogP contribution in [-0.4, -0.2) is 14.7 Å². The fourth-order valence-electron chi connectivity index (χ4n) is 2.13. The van der Waals surface area contributed by atoms with Gasteiger partial charge in [0.15, 0.2) is 11.3 Å². The fourth-order valence-corrected chi connectivity index (χ4v) is 2.38. The summed E-state index contributed by atoms with van der Waals surface area (Å²) in [6, 6.07) is 2.75. The standard InChI is InChI=1S/C13H6ClF3N2O4/c14-5-1-2-6(11-10(5)7(20)4-23-11)19-9(21)3-8(13(15,16)17)18-12(19)22/h1-4,20H,(H,18,22). The lowest BCUT2D eigenvalue weighted by atomic mass is 10.2. The first-order chi connectivity index (χ1) is 10.7. The Bertz CT molecular complexity index is 1000. The number of nitrogens with one attached hydrogen (secondary N) is 1.